The maximum absolute atomic E-state index is 10.7. The maximum Gasteiger partial charge on any atom is 0.307 e. The van der Waals surface area contributed by atoms with E-state index in [1.807, 2.05) is 13.8 Å². The third-order valence-corrected chi connectivity index (χ3v) is 3.22. The Balaban J connectivity index is 2.66. The molecule has 0 aromatic heterocycles. The van der Waals surface area contributed by atoms with Crippen LogP contribution in [0.4, 0.5) is 0 Å². The van der Waals surface area contributed by atoms with Gasteiger partial charge in [-0.2, -0.15) is 0 Å². The summed E-state index contributed by atoms with van der Waals surface area (Å²) in [7, 11) is 0. The second-order valence-electron chi connectivity index (χ2n) is 4.29. The van der Waals surface area contributed by atoms with Crippen LogP contribution < -0.4 is 0 Å². The first kappa shape index (κ1) is 9.52. The Kier molecular flexibility index (Phi) is 2.17. The third-order valence-electron chi connectivity index (χ3n) is 3.22. The predicted octanol–water partition coefficient (Wildman–Crippen LogP) is 1.11. The van der Waals surface area contributed by atoms with Gasteiger partial charge in [-0.3, -0.25) is 4.79 Å². The summed E-state index contributed by atoms with van der Waals surface area (Å²) in [5.41, 5.74) is -0.250. The van der Waals surface area contributed by atoms with E-state index in [-0.39, 0.29) is 17.3 Å². The number of hydrogen-bond donors (Lipinski definition) is 2. The van der Waals surface area contributed by atoms with Crippen LogP contribution in [0.3, 0.4) is 0 Å². The number of rotatable bonds is 2. The van der Waals surface area contributed by atoms with Crippen LogP contribution in [0.1, 0.15) is 27.2 Å². The fourth-order valence-corrected chi connectivity index (χ4v) is 2.20. The molecule has 0 spiro atoms. The van der Waals surface area contributed by atoms with Crippen LogP contribution in [-0.4, -0.2) is 22.3 Å². The SMILES string of the molecule is CC(O)[C@@H]1C[C@H](C(=O)O)C1(C)C. The zero-order valence-electron chi connectivity index (χ0n) is 7.74. The molecular formula is C9H16O3. The summed E-state index contributed by atoms with van der Waals surface area (Å²) in [6.45, 7) is 5.55. The Morgan fingerprint density at radius 2 is 2.08 bits per heavy atom. The first-order valence-electron chi connectivity index (χ1n) is 4.28. The molecule has 0 bridgehead atoms. The highest BCUT2D eigenvalue weighted by molar-refractivity contribution is 5.72. The van der Waals surface area contributed by atoms with Gasteiger partial charge in [-0.25, -0.2) is 0 Å². The highest BCUT2D eigenvalue weighted by Crippen LogP contribution is 2.52. The number of aliphatic carboxylic acids is 1. The van der Waals surface area contributed by atoms with Crippen LogP contribution >= 0.6 is 0 Å². The standard InChI is InChI=1S/C9H16O3/c1-5(10)6-4-7(8(11)12)9(6,2)3/h5-7,10H,4H2,1-3H3,(H,11,12)/t5?,6-,7+/m0/s1. The molecule has 1 saturated carbocycles. The van der Waals surface area contributed by atoms with E-state index >= 15 is 0 Å². The average Bonchev–Trinajstić information content (AvgIpc) is 1.83. The van der Waals surface area contributed by atoms with Crippen molar-refractivity contribution in [2.75, 3.05) is 0 Å². The van der Waals surface area contributed by atoms with Gasteiger partial charge in [-0.05, 0) is 24.7 Å². The molecule has 0 aromatic carbocycles. The number of carboxylic acid groups (broad SMARTS) is 1. The van der Waals surface area contributed by atoms with Crippen molar-refractivity contribution in [3.8, 4) is 0 Å². The Bertz CT molecular complexity index is 196. The molecule has 0 radical (unpaired) electrons. The van der Waals surface area contributed by atoms with E-state index < -0.39 is 12.1 Å². The van der Waals surface area contributed by atoms with Crippen LogP contribution in [0.5, 0.6) is 0 Å². The lowest BCUT2D eigenvalue weighted by molar-refractivity contribution is -0.165. The molecule has 3 nitrogen and oxygen atoms in total. The zero-order chi connectivity index (χ0) is 9.52. The van der Waals surface area contributed by atoms with Gasteiger partial charge < -0.3 is 10.2 Å². The highest BCUT2D eigenvalue weighted by Gasteiger charge is 2.53. The fraction of sp³-hybridized carbons (Fsp3) is 0.889. The van der Waals surface area contributed by atoms with Gasteiger partial charge >= 0.3 is 5.97 Å². The lowest BCUT2D eigenvalue weighted by atomic mass is 9.53. The molecule has 1 aliphatic rings. The van der Waals surface area contributed by atoms with E-state index in [9.17, 15) is 9.90 Å². The van der Waals surface area contributed by atoms with Crippen LogP contribution in [0.25, 0.3) is 0 Å². The molecule has 0 aliphatic heterocycles. The smallest absolute Gasteiger partial charge is 0.307 e. The van der Waals surface area contributed by atoms with E-state index in [1.165, 1.54) is 0 Å². The molecule has 0 saturated heterocycles. The molecule has 0 aromatic rings. The molecule has 70 valence electrons. The highest BCUT2D eigenvalue weighted by atomic mass is 16.4. The monoisotopic (exact) mass is 172 g/mol. The molecule has 1 aliphatic carbocycles. The van der Waals surface area contributed by atoms with E-state index in [0.717, 1.165) is 0 Å². The van der Waals surface area contributed by atoms with Crippen molar-refractivity contribution in [2.45, 2.75) is 33.3 Å². The van der Waals surface area contributed by atoms with Crippen molar-refractivity contribution >= 4 is 5.97 Å². The lowest BCUT2D eigenvalue weighted by Gasteiger charge is -2.51. The van der Waals surface area contributed by atoms with Crippen molar-refractivity contribution in [1.82, 2.24) is 0 Å². The molecule has 12 heavy (non-hydrogen) atoms. The lowest BCUT2D eigenvalue weighted by Crippen LogP contribution is -2.52. The van der Waals surface area contributed by atoms with Gasteiger partial charge in [0.2, 0.25) is 0 Å². The van der Waals surface area contributed by atoms with Gasteiger partial charge in [0.15, 0.2) is 0 Å². The van der Waals surface area contributed by atoms with Crippen LogP contribution in [0.15, 0.2) is 0 Å². The van der Waals surface area contributed by atoms with Crippen molar-refractivity contribution in [3.05, 3.63) is 0 Å². The minimum absolute atomic E-state index is 0.138. The second-order valence-corrected chi connectivity index (χ2v) is 4.29. The Morgan fingerprint density at radius 3 is 2.33 bits per heavy atom. The zero-order valence-corrected chi connectivity index (χ0v) is 7.74. The Morgan fingerprint density at radius 1 is 1.58 bits per heavy atom. The number of carbonyl (C=O) groups is 1. The minimum Gasteiger partial charge on any atom is -0.481 e. The van der Waals surface area contributed by atoms with Crippen molar-refractivity contribution in [1.29, 1.82) is 0 Å². The third kappa shape index (κ3) is 1.22. The van der Waals surface area contributed by atoms with Crippen LogP contribution in [-0.2, 0) is 4.79 Å². The number of aliphatic hydroxyl groups excluding tert-OH is 1. The maximum atomic E-state index is 10.7. The topological polar surface area (TPSA) is 57.5 Å². The molecule has 1 rings (SSSR count). The molecule has 0 heterocycles. The van der Waals surface area contributed by atoms with Gasteiger partial charge in [-0.1, -0.05) is 13.8 Å². The average molecular weight is 172 g/mol. The summed E-state index contributed by atoms with van der Waals surface area (Å²) in [6, 6.07) is 0. The Hall–Kier alpha value is -0.570. The van der Waals surface area contributed by atoms with Gasteiger partial charge in [0.1, 0.15) is 0 Å². The quantitative estimate of drug-likeness (QED) is 0.656. The van der Waals surface area contributed by atoms with Gasteiger partial charge in [0, 0.05) is 0 Å². The predicted molar refractivity (Wildman–Crippen MR) is 44.7 cm³/mol. The number of hydrogen-bond acceptors (Lipinski definition) is 2. The summed E-state index contributed by atoms with van der Waals surface area (Å²) in [4.78, 5) is 10.7. The molecule has 1 unspecified atom stereocenters. The number of aliphatic hydroxyl groups is 1. The van der Waals surface area contributed by atoms with E-state index in [0.29, 0.717) is 6.42 Å². The normalized spacial score (nSPS) is 35.3. The first-order chi connectivity index (χ1) is 5.37. The first-order valence-corrected chi connectivity index (χ1v) is 4.28. The molecule has 2 N–H and O–H groups in total. The molecule has 0 amide bonds. The summed E-state index contributed by atoms with van der Waals surface area (Å²) in [5, 5.41) is 18.1. The van der Waals surface area contributed by atoms with Gasteiger partial charge in [-0.15, -0.1) is 0 Å². The Labute approximate surface area is 72.4 Å². The molecule has 3 atom stereocenters. The summed E-state index contributed by atoms with van der Waals surface area (Å²) >= 11 is 0. The van der Waals surface area contributed by atoms with Crippen molar-refractivity contribution in [3.63, 3.8) is 0 Å². The summed E-state index contributed by atoms with van der Waals surface area (Å²) < 4.78 is 0. The second kappa shape index (κ2) is 2.73. The van der Waals surface area contributed by atoms with Crippen LogP contribution in [0.2, 0.25) is 0 Å². The van der Waals surface area contributed by atoms with E-state index in [1.54, 1.807) is 6.92 Å². The minimum atomic E-state index is -0.739. The molecule has 1 fully saturated rings. The summed E-state index contributed by atoms with van der Waals surface area (Å²) in [6.07, 6.45) is 0.218. The largest absolute Gasteiger partial charge is 0.481 e. The van der Waals surface area contributed by atoms with Crippen molar-refractivity contribution in [2.24, 2.45) is 17.3 Å². The van der Waals surface area contributed by atoms with Gasteiger partial charge in [0.25, 0.3) is 0 Å². The number of carboxylic acids is 1. The summed E-state index contributed by atoms with van der Waals surface area (Å²) in [5.74, 6) is -0.882. The molecular weight excluding hydrogens is 156 g/mol. The van der Waals surface area contributed by atoms with Gasteiger partial charge in [0.05, 0.1) is 12.0 Å². The van der Waals surface area contributed by atoms with E-state index in [4.69, 9.17) is 5.11 Å². The van der Waals surface area contributed by atoms with Crippen molar-refractivity contribution < 1.29 is 15.0 Å². The van der Waals surface area contributed by atoms with Crippen LogP contribution in [0, 0.1) is 17.3 Å². The fourth-order valence-electron chi connectivity index (χ4n) is 2.20. The molecule has 3 heteroatoms. The van der Waals surface area contributed by atoms with E-state index in [2.05, 4.69) is 0 Å².